The van der Waals surface area contributed by atoms with Crippen molar-refractivity contribution in [3.05, 3.63) is 98.3 Å². The molecule has 0 bridgehead atoms. The Bertz CT molecular complexity index is 1620. The van der Waals surface area contributed by atoms with Gasteiger partial charge in [-0.25, -0.2) is 17.4 Å². The number of carbonyl (C=O) groups excluding carboxylic acids is 1. The molecule has 14 heteroatoms. The quantitative estimate of drug-likeness (QED) is 0.226. The lowest BCUT2D eigenvalue weighted by Gasteiger charge is -2.29. The van der Waals surface area contributed by atoms with E-state index < -0.39 is 71.8 Å². The van der Waals surface area contributed by atoms with Crippen molar-refractivity contribution in [2.45, 2.75) is 30.0 Å². The van der Waals surface area contributed by atoms with E-state index in [4.69, 9.17) is 28.0 Å². The summed E-state index contributed by atoms with van der Waals surface area (Å²) in [6, 6.07) is 8.11. The van der Waals surface area contributed by atoms with Crippen molar-refractivity contribution >= 4 is 44.5 Å². The minimum Gasteiger partial charge on any atom is -0.374 e. The molecule has 5 nitrogen and oxygen atoms in total. The molecule has 39 heavy (non-hydrogen) atoms. The van der Waals surface area contributed by atoms with E-state index in [1.54, 1.807) is 0 Å². The molecule has 2 unspecified atom stereocenters. The zero-order chi connectivity index (χ0) is 28.9. The molecule has 0 spiro atoms. The van der Waals surface area contributed by atoms with Crippen molar-refractivity contribution in [2.75, 3.05) is 6.26 Å². The molecule has 1 heterocycles. The predicted molar refractivity (Wildman–Crippen MR) is 133 cm³/mol. The molecule has 2 atom stereocenters. The fourth-order valence-corrected chi connectivity index (χ4v) is 5.88. The van der Waals surface area contributed by atoms with Crippen molar-refractivity contribution in [1.82, 2.24) is 0 Å². The standard InChI is InChI=1S/C25H16Cl2F6N2O3S/c1-12-8-13(6-7-15(12)23(36)35-39(2,37)22-18(28)4-3-5-19(22)29)20-11-24(38-34-20,25(31,32)33)14-9-16(26)21(30)17(27)10-14/h3-10H,11H2,1-2H3. The SMILES string of the molecule is Cc1cc(C2=NOC(c3cc(Cl)c(F)c(Cl)c3)(C(F)(F)F)C2)ccc1C(=O)N=S(C)(=O)c1c(F)cccc1F. The predicted octanol–water partition coefficient (Wildman–Crippen LogP) is 7.60. The molecular formula is C25H16Cl2F6N2O3S. The normalized spacial score (nSPS) is 18.8. The summed E-state index contributed by atoms with van der Waals surface area (Å²) in [6.45, 7) is 1.43. The van der Waals surface area contributed by atoms with Gasteiger partial charge in [0, 0.05) is 23.8 Å². The van der Waals surface area contributed by atoms with Gasteiger partial charge in [-0.05, 0) is 54.4 Å². The van der Waals surface area contributed by atoms with Crippen LogP contribution in [0.15, 0.2) is 62.9 Å². The Morgan fingerprint density at radius 3 is 2.18 bits per heavy atom. The Morgan fingerprint density at radius 2 is 1.64 bits per heavy atom. The van der Waals surface area contributed by atoms with Crippen LogP contribution in [0.25, 0.3) is 0 Å². The molecule has 3 aromatic carbocycles. The third-order valence-corrected chi connectivity index (χ3v) is 8.19. The summed E-state index contributed by atoms with van der Waals surface area (Å²) in [5, 5.41) is 2.33. The van der Waals surface area contributed by atoms with Gasteiger partial charge in [0.05, 0.1) is 25.5 Å². The van der Waals surface area contributed by atoms with Crippen molar-refractivity contribution in [2.24, 2.45) is 9.52 Å². The largest absolute Gasteiger partial charge is 0.435 e. The van der Waals surface area contributed by atoms with Crippen molar-refractivity contribution < 1.29 is 40.2 Å². The second-order valence-electron chi connectivity index (χ2n) is 8.66. The van der Waals surface area contributed by atoms with Crippen LogP contribution in [0.2, 0.25) is 10.0 Å². The first kappa shape index (κ1) is 28.9. The number of carbonyl (C=O) groups is 1. The van der Waals surface area contributed by atoms with Crippen LogP contribution in [0.5, 0.6) is 0 Å². The number of halogens is 8. The Kier molecular flexibility index (Phi) is 7.52. The van der Waals surface area contributed by atoms with Gasteiger partial charge in [-0.2, -0.15) is 17.5 Å². The van der Waals surface area contributed by atoms with Gasteiger partial charge in [-0.15, -0.1) is 0 Å². The maximum atomic E-state index is 14.2. The van der Waals surface area contributed by atoms with Crippen molar-refractivity contribution in [3.63, 3.8) is 0 Å². The van der Waals surface area contributed by atoms with E-state index in [0.717, 1.165) is 36.6 Å². The molecule has 3 aromatic rings. The summed E-state index contributed by atoms with van der Waals surface area (Å²) in [5.41, 5.74) is -3.50. The molecule has 1 aliphatic rings. The van der Waals surface area contributed by atoms with Crippen molar-refractivity contribution in [1.29, 1.82) is 0 Å². The number of hydrogen-bond donors (Lipinski definition) is 0. The first-order chi connectivity index (χ1) is 18.1. The van der Waals surface area contributed by atoms with Crippen LogP contribution in [0.4, 0.5) is 26.3 Å². The molecule has 0 saturated carbocycles. The summed E-state index contributed by atoms with van der Waals surface area (Å²) in [6.07, 6.45) is -4.94. The van der Waals surface area contributed by atoms with E-state index in [9.17, 15) is 35.3 Å². The molecule has 206 valence electrons. The minimum atomic E-state index is -5.02. The van der Waals surface area contributed by atoms with Crippen LogP contribution in [-0.4, -0.2) is 28.3 Å². The maximum absolute atomic E-state index is 14.2. The second kappa shape index (κ2) is 10.1. The van der Waals surface area contributed by atoms with Crippen LogP contribution < -0.4 is 0 Å². The Morgan fingerprint density at radius 1 is 1.05 bits per heavy atom. The van der Waals surface area contributed by atoms with Gasteiger partial charge in [-0.3, -0.25) is 4.79 Å². The number of amides is 1. The van der Waals surface area contributed by atoms with Gasteiger partial charge in [0.15, 0.2) is 5.82 Å². The number of nitrogens with zero attached hydrogens (tertiary/aromatic N) is 2. The fraction of sp³-hybridized carbons (Fsp3) is 0.200. The number of aryl methyl sites for hydroxylation is 1. The number of oxime groups is 1. The van der Waals surface area contributed by atoms with Crippen molar-refractivity contribution in [3.8, 4) is 0 Å². The van der Waals surface area contributed by atoms with E-state index in [0.29, 0.717) is 0 Å². The molecule has 1 aliphatic heterocycles. The summed E-state index contributed by atoms with van der Waals surface area (Å²) in [4.78, 5) is 16.8. The maximum Gasteiger partial charge on any atom is 0.435 e. The number of rotatable bonds is 4. The first-order valence-corrected chi connectivity index (χ1v) is 13.5. The van der Waals surface area contributed by atoms with Gasteiger partial charge >= 0.3 is 6.18 Å². The monoisotopic (exact) mass is 608 g/mol. The molecular weight excluding hydrogens is 593 g/mol. The minimum absolute atomic E-state index is 0.108. The van der Waals surface area contributed by atoms with Crippen LogP contribution in [0.3, 0.4) is 0 Å². The summed E-state index contributed by atoms with van der Waals surface area (Å²) in [5.74, 6) is -4.42. The second-order valence-corrected chi connectivity index (χ2v) is 11.7. The molecule has 0 N–H and O–H groups in total. The third-order valence-electron chi connectivity index (χ3n) is 5.98. The topological polar surface area (TPSA) is 68.1 Å². The van der Waals surface area contributed by atoms with E-state index in [-0.39, 0.29) is 22.4 Å². The van der Waals surface area contributed by atoms with E-state index >= 15 is 0 Å². The zero-order valence-electron chi connectivity index (χ0n) is 19.9. The van der Waals surface area contributed by atoms with Gasteiger partial charge < -0.3 is 4.84 Å². The Hall–Kier alpha value is -3.09. The van der Waals surface area contributed by atoms with E-state index in [2.05, 4.69) is 9.52 Å². The highest BCUT2D eigenvalue weighted by Crippen LogP contribution is 2.50. The highest BCUT2D eigenvalue weighted by Gasteiger charge is 2.62. The molecule has 0 fully saturated rings. The van der Waals surface area contributed by atoms with Gasteiger partial charge in [0.25, 0.3) is 11.5 Å². The summed E-state index contributed by atoms with van der Waals surface area (Å²) < 4.78 is 101. The number of benzene rings is 3. The number of alkyl halides is 3. The lowest BCUT2D eigenvalue weighted by molar-refractivity contribution is -0.275. The van der Waals surface area contributed by atoms with E-state index in [1.807, 2.05) is 0 Å². The fourth-order valence-electron chi connectivity index (χ4n) is 4.03. The third kappa shape index (κ3) is 5.24. The van der Waals surface area contributed by atoms with Crippen LogP contribution >= 0.6 is 23.2 Å². The first-order valence-electron chi connectivity index (χ1n) is 10.9. The lowest BCUT2D eigenvalue weighted by Crippen LogP contribution is -2.42. The van der Waals surface area contributed by atoms with E-state index in [1.165, 1.54) is 25.1 Å². The van der Waals surface area contributed by atoms with Crippen LogP contribution in [0.1, 0.15) is 33.5 Å². The van der Waals surface area contributed by atoms with Crippen LogP contribution in [-0.2, 0) is 20.2 Å². The molecule has 4 rings (SSSR count). The molecule has 1 amide bonds. The summed E-state index contributed by atoms with van der Waals surface area (Å²) >= 11 is 11.4. The van der Waals surface area contributed by atoms with Gasteiger partial charge in [-0.1, -0.05) is 40.5 Å². The average molecular weight is 609 g/mol. The Balaban J connectivity index is 1.67. The lowest BCUT2D eigenvalue weighted by atomic mass is 9.86. The molecule has 0 saturated heterocycles. The van der Waals surface area contributed by atoms with Gasteiger partial charge in [0.1, 0.15) is 16.5 Å². The number of hydrogen-bond acceptors (Lipinski definition) is 4. The molecule has 0 aliphatic carbocycles. The van der Waals surface area contributed by atoms with Gasteiger partial charge in [0.2, 0.25) is 0 Å². The molecule has 0 radical (unpaired) electrons. The zero-order valence-corrected chi connectivity index (χ0v) is 22.2. The molecule has 0 aromatic heterocycles. The average Bonchev–Trinajstić information content (AvgIpc) is 3.28. The van der Waals surface area contributed by atoms with Crippen LogP contribution in [0, 0.1) is 24.4 Å². The summed E-state index contributed by atoms with van der Waals surface area (Å²) in [7, 11) is -3.83. The highest BCUT2D eigenvalue weighted by atomic mass is 35.5. The highest BCUT2D eigenvalue weighted by molar-refractivity contribution is 7.93. The Labute approximate surface area is 228 Å². The smallest absolute Gasteiger partial charge is 0.374 e.